The molecule has 0 radical (unpaired) electrons. The van der Waals surface area contributed by atoms with Gasteiger partial charge in [0.2, 0.25) is 5.91 Å². The van der Waals surface area contributed by atoms with Gasteiger partial charge in [0, 0.05) is 11.4 Å². The lowest BCUT2D eigenvalue weighted by Gasteiger charge is -2.16. The van der Waals surface area contributed by atoms with Gasteiger partial charge in [-0.2, -0.15) is 0 Å². The van der Waals surface area contributed by atoms with E-state index in [9.17, 15) is 4.79 Å². The molecule has 0 bridgehead atoms. The van der Waals surface area contributed by atoms with Gasteiger partial charge in [0.15, 0.2) is 0 Å². The standard InChI is InChI=1S/C18H24N2O2S/c1-15-9-12-23-17(15)13-19-18(21)14-20(2)10-6-11-22-16-7-4-3-5-8-16/h3-5,7-9,12H,6,10-11,13-14H2,1-2H3,(H,19,21). The summed E-state index contributed by atoms with van der Waals surface area (Å²) in [5, 5.41) is 5.02. The Bertz CT molecular complexity index is 598. The number of aryl methyl sites for hydroxylation is 1. The summed E-state index contributed by atoms with van der Waals surface area (Å²) in [7, 11) is 1.96. The average molecular weight is 332 g/mol. The SMILES string of the molecule is Cc1ccsc1CNC(=O)CN(C)CCCOc1ccccc1. The fraction of sp³-hybridized carbons (Fsp3) is 0.389. The largest absolute Gasteiger partial charge is 0.494 e. The smallest absolute Gasteiger partial charge is 0.234 e. The van der Waals surface area contributed by atoms with Crippen molar-refractivity contribution < 1.29 is 9.53 Å². The predicted molar refractivity (Wildman–Crippen MR) is 95.0 cm³/mol. The van der Waals surface area contributed by atoms with E-state index in [-0.39, 0.29) is 5.91 Å². The highest BCUT2D eigenvalue weighted by Gasteiger charge is 2.07. The summed E-state index contributed by atoms with van der Waals surface area (Å²) in [6, 6.07) is 11.9. The maximum atomic E-state index is 11.9. The Balaban J connectivity index is 1.58. The lowest BCUT2D eigenvalue weighted by Crippen LogP contribution is -2.35. The van der Waals surface area contributed by atoms with Gasteiger partial charge in [-0.3, -0.25) is 9.69 Å². The summed E-state index contributed by atoms with van der Waals surface area (Å²) in [4.78, 5) is 15.2. The van der Waals surface area contributed by atoms with E-state index in [0.29, 0.717) is 19.7 Å². The molecule has 1 aromatic carbocycles. The second-order valence-corrected chi connectivity index (χ2v) is 6.56. The van der Waals surface area contributed by atoms with Crippen LogP contribution in [0.25, 0.3) is 0 Å². The molecular weight excluding hydrogens is 308 g/mol. The number of carbonyl (C=O) groups excluding carboxylic acids is 1. The minimum absolute atomic E-state index is 0.0595. The summed E-state index contributed by atoms with van der Waals surface area (Å²) in [6.07, 6.45) is 0.892. The van der Waals surface area contributed by atoms with E-state index in [1.54, 1.807) is 11.3 Å². The van der Waals surface area contributed by atoms with E-state index < -0.39 is 0 Å². The first-order valence-electron chi connectivity index (χ1n) is 7.81. The molecule has 0 unspecified atom stereocenters. The predicted octanol–water partition coefficient (Wildman–Crippen LogP) is 3.07. The number of likely N-dealkylation sites (N-methyl/N-ethyl adjacent to an activating group) is 1. The number of amides is 1. The van der Waals surface area contributed by atoms with Crippen molar-refractivity contribution in [2.45, 2.75) is 19.9 Å². The minimum atomic E-state index is 0.0595. The van der Waals surface area contributed by atoms with E-state index in [1.807, 2.05) is 42.3 Å². The van der Waals surface area contributed by atoms with Crippen LogP contribution in [0.1, 0.15) is 16.9 Å². The van der Waals surface area contributed by atoms with E-state index in [0.717, 1.165) is 18.7 Å². The first kappa shape index (κ1) is 17.5. The molecule has 0 atom stereocenters. The van der Waals surface area contributed by atoms with Crippen LogP contribution in [0.3, 0.4) is 0 Å². The Morgan fingerprint density at radius 3 is 2.74 bits per heavy atom. The van der Waals surface area contributed by atoms with E-state index in [2.05, 4.69) is 23.7 Å². The quantitative estimate of drug-likeness (QED) is 0.718. The van der Waals surface area contributed by atoms with Gasteiger partial charge in [-0.15, -0.1) is 11.3 Å². The normalized spacial score (nSPS) is 10.7. The highest BCUT2D eigenvalue weighted by molar-refractivity contribution is 7.10. The average Bonchev–Trinajstić information content (AvgIpc) is 2.96. The number of ether oxygens (including phenoxy) is 1. The highest BCUT2D eigenvalue weighted by Crippen LogP contribution is 2.14. The molecule has 1 N–H and O–H groups in total. The number of nitrogens with one attached hydrogen (secondary N) is 1. The highest BCUT2D eigenvalue weighted by atomic mass is 32.1. The lowest BCUT2D eigenvalue weighted by molar-refractivity contribution is -0.122. The van der Waals surface area contributed by atoms with Crippen LogP contribution in [-0.2, 0) is 11.3 Å². The van der Waals surface area contributed by atoms with E-state index in [1.165, 1.54) is 10.4 Å². The number of hydrogen-bond acceptors (Lipinski definition) is 4. The number of rotatable bonds is 9. The molecule has 5 heteroatoms. The van der Waals surface area contributed by atoms with Gasteiger partial charge >= 0.3 is 0 Å². The monoisotopic (exact) mass is 332 g/mol. The zero-order chi connectivity index (χ0) is 16.5. The number of nitrogens with zero attached hydrogens (tertiary/aromatic N) is 1. The molecule has 2 rings (SSSR count). The van der Waals surface area contributed by atoms with Crippen LogP contribution in [-0.4, -0.2) is 37.6 Å². The van der Waals surface area contributed by atoms with Gasteiger partial charge in [0.1, 0.15) is 5.75 Å². The van der Waals surface area contributed by atoms with Crippen LogP contribution in [0, 0.1) is 6.92 Å². The zero-order valence-corrected chi connectivity index (χ0v) is 14.6. The summed E-state index contributed by atoms with van der Waals surface area (Å²) < 4.78 is 5.65. The fourth-order valence-corrected chi connectivity index (χ4v) is 3.03. The second kappa shape index (κ2) is 9.33. The van der Waals surface area contributed by atoms with Crippen LogP contribution >= 0.6 is 11.3 Å². The minimum Gasteiger partial charge on any atom is -0.494 e. The molecule has 0 aliphatic carbocycles. The molecular formula is C18H24N2O2S. The summed E-state index contributed by atoms with van der Waals surface area (Å²) >= 11 is 1.68. The van der Waals surface area contributed by atoms with Crippen LogP contribution in [0.5, 0.6) is 5.75 Å². The number of para-hydroxylation sites is 1. The van der Waals surface area contributed by atoms with Crippen LogP contribution in [0.4, 0.5) is 0 Å². The van der Waals surface area contributed by atoms with Crippen molar-refractivity contribution in [2.75, 3.05) is 26.7 Å². The Kier molecular flexibility index (Phi) is 7.10. The Morgan fingerprint density at radius 2 is 2.04 bits per heavy atom. The molecule has 124 valence electrons. The number of thiophene rings is 1. The molecule has 0 spiro atoms. The first-order valence-corrected chi connectivity index (χ1v) is 8.69. The Morgan fingerprint density at radius 1 is 1.26 bits per heavy atom. The third-order valence-electron chi connectivity index (χ3n) is 3.52. The van der Waals surface area contributed by atoms with Gasteiger partial charge in [-0.1, -0.05) is 18.2 Å². The molecule has 0 aliphatic heterocycles. The molecule has 1 aromatic heterocycles. The summed E-state index contributed by atoms with van der Waals surface area (Å²) in [5.74, 6) is 0.948. The molecule has 0 saturated carbocycles. The second-order valence-electron chi connectivity index (χ2n) is 5.56. The van der Waals surface area contributed by atoms with E-state index in [4.69, 9.17) is 4.74 Å². The molecule has 4 nitrogen and oxygen atoms in total. The molecule has 0 fully saturated rings. The molecule has 1 heterocycles. The molecule has 0 aliphatic rings. The van der Waals surface area contributed by atoms with Crippen molar-refractivity contribution >= 4 is 17.2 Å². The van der Waals surface area contributed by atoms with Crippen molar-refractivity contribution in [1.82, 2.24) is 10.2 Å². The van der Waals surface area contributed by atoms with Crippen molar-refractivity contribution in [3.05, 3.63) is 52.2 Å². The summed E-state index contributed by atoms with van der Waals surface area (Å²) in [5.41, 5.74) is 1.24. The number of carbonyl (C=O) groups is 1. The van der Waals surface area contributed by atoms with Gasteiger partial charge in [0.05, 0.1) is 19.7 Å². The Hall–Kier alpha value is -1.85. The topological polar surface area (TPSA) is 41.6 Å². The van der Waals surface area contributed by atoms with Crippen molar-refractivity contribution in [3.8, 4) is 5.75 Å². The molecule has 23 heavy (non-hydrogen) atoms. The van der Waals surface area contributed by atoms with E-state index >= 15 is 0 Å². The fourth-order valence-electron chi connectivity index (χ4n) is 2.19. The van der Waals surface area contributed by atoms with Crippen LogP contribution in [0.15, 0.2) is 41.8 Å². The maximum absolute atomic E-state index is 11.9. The van der Waals surface area contributed by atoms with Crippen molar-refractivity contribution in [2.24, 2.45) is 0 Å². The van der Waals surface area contributed by atoms with Crippen LogP contribution < -0.4 is 10.1 Å². The van der Waals surface area contributed by atoms with Crippen molar-refractivity contribution in [1.29, 1.82) is 0 Å². The first-order chi connectivity index (χ1) is 11.1. The number of benzene rings is 1. The zero-order valence-electron chi connectivity index (χ0n) is 13.7. The molecule has 0 saturated heterocycles. The summed E-state index contributed by atoms with van der Waals surface area (Å²) in [6.45, 7) is 4.59. The van der Waals surface area contributed by atoms with Gasteiger partial charge in [-0.25, -0.2) is 0 Å². The molecule has 1 amide bonds. The van der Waals surface area contributed by atoms with Gasteiger partial charge < -0.3 is 10.1 Å². The van der Waals surface area contributed by atoms with Gasteiger partial charge in [-0.05, 0) is 49.5 Å². The third kappa shape index (κ3) is 6.42. The van der Waals surface area contributed by atoms with Crippen molar-refractivity contribution in [3.63, 3.8) is 0 Å². The maximum Gasteiger partial charge on any atom is 0.234 e. The number of hydrogen-bond donors (Lipinski definition) is 1. The lowest BCUT2D eigenvalue weighted by atomic mass is 10.3. The van der Waals surface area contributed by atoms with Crippen LogP contribution in [0.2, 0.25) is 0 Å². The third-order valence-corrected chi connectivity index (χ3v) is 4.55. The van der Waals surface area contributed by atoms with Gasteiger partial charge in [0.25, 0.3) is 0 Å². The molecule has 2 aromatic rings. The Labute approximate surface area is 142 Å².